The Labute approximate surface area is 256 Å². The van der Waals surface area contributed by atoms with E-state index in [0.29, 0.717) is 17.8 Å². The van der Waals surface area contributed by atoms with Gasteiger partial charge in [-0.1, -0.05) is 39.8 Å². The van der Waals surface area contributed by atoms with Crippen molar-refractivity contribution in [2.24, 2.45) is 22.4 Å². The number of fused-ring (bicyclic) bond motifs is 5. The molecule has 0 saturated heterocycles. The standard InChI is InChI=1S/C33H45NO7SSi/c1-32(2,3)43(5,6)41-23-11-13-25-21(18-23)10-12-27-26(25)16-17-33(4)28(27)14-15-29(33)40-30(35)20-39-31(36)22-8-7-9-24(19-22)42(34,37)38/h7-9,11,13,18-19,26-29H,10,12,14-17,20H2,1-6H3,(H2,34,37,38)/t26?,27?,28?,29-,33-/m0/s1. The van der Waals surface area contributed by atoms with Gasteiger partial charge in [-0.05, 0) is 116 Å². The largest absolute Gasteiger partial charge is 0.543 e. The fourth-order valence-electron chi connectivity index (χ4n) is 7.42. The second kappa shape index (κ2) is 11.3. The summed E-state index contributed by atoms with van der Waals surface area (Å²) >= 11 is 0. The summed E-state index contributed by atoms with van der Waals surface area (Å²) in [7, 11) is -5.88. The molecule has 0 amide bonds. The second-order valence-corrected chi connectivity index (χ2v) is 20.7. The molecule has 0 spiro atoms. The van der Waals surface area contributed by atoms with Crippen LogP contribution in [-0.2, 0) is 30.7 Å². The van der Waals surface area contributed by atoms with Crippen molar-refractivity contribution in [3.63, 3.8) is 0 Å². The van der Waals surface area contributed by atoms with Crippen LogP contribution in [-0.4, -0.2) is 41.4 Å². The summed E-state index contributed by atoms with van der Waals surface area (Å²) in [6.45, 7) is 13.1. The van der Waals surface area contributed by atoms with Gasteiger partial charge in [0.1, 0.15) is 11.9 Å². The van der Waals surface area contributed by atoms with Crippen molar-refractivity contribution in [1.82, 2.24) is 0 Å². The zero-order valence-electron chi connectivity index (χ0n) is 26.1. The Morgan fingerprint density at radius 2 is 1.79 bits per heavy atom. The number of carbonyl (C=O) groups is 2. The van der Waals surface area contributed by atoms with Gasteiger partial charge in [0, 0.05) is 5.41 Å². The van der Waals surface area contributed by atoms with Crippen molar-refractivity contribution in [2.45, 2.75) is 101 Å². The van der Waals surface area contributed by atoms with E-state index >= 15 is 0 Å². The highest BCUT2D eigenvalue weighted by Gasteiger charge is 2.56. The van der Waals surface area contributed by atoms with E-state index in [9.17, 15) is 18.0 Å². The maximum Gasteiger partial charge on any atom is 0.344 e. The molecule has 0 radical (unpaired) electrons. The average Bonchev–Trinajstić information content (AvgIpc) is 3.26. The molecule has 5 atom stereocenters. The quantitative estimate of drug-likeness (QED) is 0.281. The summed E-state index contributed by atoms with van der Waals surface area (Å²) < 4.78 is 40.9. The molecule has 2 aromatic carbocycles. The van der Waals surface area contributed by atoms with Crippen LogP contribution in [0, 0.1) is 17.3 Å². The Balaban J connectivity index is 1.21. The molecular formula is C33H45NO7SSi. The molecule has 2 aromatic rings. The molecule has 5 rings (SSSR count). The molecule has 0 aliphatic heterocycles. The first-order valence-corrected chi connectivity index (χ1v) is 19.8. The van der Waals surface area contributed by atoms with Crippen molar-refractivity contribution in [3.8, 4) is 5.75 Å². The van der Waals surface area contributed by atoms with Gasteiger partial charge in [0.05, 0.1) is 10.5 Å². The predicted molar refractivity (Wildman–Crippen MR) is 167 cm³/mol. The minimum atomic E-state index is -3.97. The molecule has 0 bridgehead atoms. The molecule has 10 heteroatoms. The van der Waals surface area contributed by atoms with Gasteiger partial charge in [0.25, 0.3) is 0 Å². The van der Waals surface area contributed by atoms with Gasteiger partial charge < -0.3 is 13.9 Å². The predicted octanol–water partition coefficient (Wildman–Crippen LogP) is 6.34. The number of nitrogens with two attached hydrogens (primary N) is 1. The number of hydrogen-bond acceptors (Lipinski definition) is 7. The van der Waals surface area contributed by atoms with Crippen LogP contribution in [0.5, 0.6) is 5.75 Å². The Bertz CT molecular complexity index is 1520. The Kier molecular flexibility index (Phi) is 8.37. The molecule has 2 saturated carbocycles. The maximum atomic E-state index is 12.8. The molecule has 234 valence electrons. The number of hydrogen-bond donors (Lipinski definition) is 1. The van der Waals surface area contributed by atoms with E-state index in [-0.39, 0.29) is 27.0 Å². The van der Waals surface area contributed by atoms with E-state index in [1.54, 1.807) is 0 Å². The first-order valence-electron chi connectivity index (χ1n) is 15.3. The van der Waals surface area contributed by atoms with Crippen LogP contribution < -0.4 is 9.56 Å². The fourth-order valence-corrected chi connectivity index (χ4v) is 9.00. The second-order valence-electron chi connectivity index (χ2n) is 14.4. The van der Waals surface area contributed by atoms with Crippen LogP contribution in [0.4, 0.5) is 0 Å². The first-order chi connectivity index (χ1) is 20.0. The van der Waals surface area contributed by atoms with Gasteiger partial charge in [-0.25, -0.2) is 23.1 Å². The van der Waals surface area contributed by atoms with Gasteiger partial charge in [-0.3, -0.25) is 0 Å². The highest BCUT2D eigenvalue weighted by Crippen LogP contribution is 2.61. The van der Waals surface area contributed by atoms with Crippen molar-refractivity contribution < 1.29 is 31.9 Å². The van der Waals surface area contributed by atoms with Crippen molar-refractivity contribution in [2.75, 3.05) is 6.61 Å². The molecule has 3 unspecified atom stereocenters. The SMILES string of the molecule is CC(C)(C)[Si](C)(C)Oc1ccc2c(c1)CCC1C2CC[C@@]2(C)C1CC[C@@H]2OC(=O)COC(=O)c1cccc(S(N)(=O)=O)c1. The maximum absolute atomic E-state index is 12.8. The topological polar surface area (TPSA) is 122 Å². The number of sulfonamides is 1. The lowest BCUT2D eigenvalue weighted by Crippen LogP contribution is -2.45. The van der Waals surface area contributed by atoms with Crippen LogP contribution >= 0.6 is 0 Å². The lowest BCUT2D eigenvalue weighted by atomic mass is 9.55. The van der Waals surface area contributed by atoms with Crippen LogP contribution in [0.1, 0.15) is 87.2 Å². The smallest absolute Gasteiger partial charge is 0.344 e. The number of primary sulfonamides is 1. The third-order valence-corrected chi connectivity index (χ3v) is 16.1. The number of rotatable bonds is 7. The summed E-state index contributed by atoms with van der Waals surface area (Å²) in [6, 6.07) is 12.0. The zero-order valence-corrected chi connectivity index (χ0v) is 28.0. The number of aryl methyl sites for hydroxylation is 1. The van der Waals surface area contributed by atoms with Crippen molar-refractivity contribution in [1.29, 1.82) is 0 Å². The number of benzene rings is 2. The minimum Gasteiger partial charge on any atom is -0.543 e. The molecule has 2 fully saturated rings. The Morgan fingerprint density at radius 3 is 2.49 bits per heavy atom. The van der Waals surface area contributed by atoms with Gasteiger partial charge in [-0.15, -0.1) is 0 Å². The van der Waals surface area contributed by atoms with Crippen LogP contribution in [0.25, 0.3) is 0 Å². The van der Waals surface area contributed by atoms with E-state index in [4.69, 9.17) is 19.0 Å². The van der Waals surface area contributed by atoms with Gasteiger partial charge >= 0.3 is 11.9 Å². The highest BCUT2D eigenvalue weighted by molar-refractivity contribution is 7.89. The average molecular weight is 628 g/mol. The molecule has 8 nitrogen and oxygen atoms in total. The molecule has 0 aromatic heterocycles. The molecule has 43 heavy (non-hydrogen) atoms. The number of ether oxygens (including phenoxy) is 2. The van der Waals surface area contributed by atoms with Gasteiger partial charge in [0.15, 0.2) is 6.61 Å². The summed E-state index contributed by atoms with van der Waals surface area (Å²) in [5, 5.41) is 5.30. The summed E-state index contributed by atoms with van der Waals surface area (Å²) in [4.78, 5) is 25.1. The van der Waals surface area contributed by atoms with Gasteiger partial charge in [-0.2, -0.15) is 0 Å². The van der Waals surface area contributed by atoms with Gasteiger partial charge in [0.2, 0.25) is 18.3 Å². The molecule has 3 aliphatic rings. The van der Waals surface area contributed by atoms with E-state index in [1.807, 2.05) is 0 Å². The Hall–Kier alpha value is -2.69. The van der Waals surface area contributed by atoms with Crippen molar-refractivity contribution in [3.05, 3.63) is 59.2 Å². The number of esters is 2. The summed E-state index contributed by atoms with van der Waals surface area (Å²) in [5.74, 6) is 1.11. The van der Waals surface area contributed by atoms with E-state index < -0.39 is 36.9 Å². The summed E-state index contributed by atoms with van der Waals surface area (Å²) in [5.41, 5.74) is 2.76. The monoisotopic (exact) mass is 627 g/mol. The third-order valence-electron chi connectivity index (χ3n) is 10.8. The lowest BCUT2D eigenvalue weighted by Gasteiger charge is -2.50. The fraction of sp³-hybridized carbons (Fsp3) is 0.576. The van der Waals surface area contributed by atoms with Crippen LogP contribution in [0.2, 0.25) is 18.1 Å². The molecule has 3 aliphatic carbocycles. The van der Waals surface area contributed by atoms with Crippen molar-refractivity contribution >= 4 is 30.3 Å². The lowest BCUT2D eigenvalue weighted by molar-refractivity contribution is -0.161. The molecular weight excluding hydrogens is 583 g/mol. The van der Waals surface area contributed by atoms with E-state index in [1.165, 1.54) is 29.3 Å². The first kappa shape index (κ1) is 31.7. The Morgan fingerprint density at radius 1 is 1.05 bits per heavy atom. The number of carbonyl (C=O) groups excluding carboxylic acids is 2. The van der Waals surface area contributed by atoms with Crippen LogP contribution in [0.3, 0.4) is 0 Å². The van der Waals surface area contributed by atoms with E-state index in [0.717, 1.165) is 50.3 Å². The molecule has 0 heterocycles. The minimum absolute atomic E-state index is 0.00166. The van der Waals surface area contributed by atoms with E-state index in [2.05, 4.69) is 59.0 Å². The summed E-state index contributed by atoms with van der Waals surface area (Å²) in [6.07, 6.45) is 5.76. The molecule has 2 N–H and O–H groups in total. The third kappa shape index (κ3) is 6.28. The highest BCUT2D eigenvalue weighted by atomic mass is 32.2. The zero-order chi connectivity index (χ0) is 31.4. The van der Waals surface area contributed by atoms with Crippen LogP contribution in [0.15, 0.2) is 47.4 Å². The normalized spacial score (nSPS) is 27.0.